The zero-order valence-corrected chi connectivity index (χ0v) is 13.8. The second-order valence-electron chi connectivity index (χ2n) is 4.50. The van der Waals surface area contributed by atoms with Crippen LogP contribution in [0, 0.1) is 0 Å². The van der Waals surface area contributed by atoms with E-state index in [9.17, 15) is 4.79 Å². The van der Waals surface area contributed by atoms with Crippen LogP contribution in [0.15, 0.2) is 39.5 Å². The standard InChI is InChI=1S/C14H13N3OS3/c1-17(13(18)8-20-14-16-15-9-21-14)6-10-7-19-12-5-3-2-4-11(10)12/h2-5,7,9H,6,8H2,1H3. The lowest BCUT2D eigenvalue weighted by molar-refractivity contribution is -0.127. The van der Waals surface area contributed by atoms with Crippen molar-refractivity contribution in [2.24, 2.45) is 0 Å². The van der Waals surface area contributed by atoms with Gasteiger partial charge in [-0.25, -0.2) is 0 Å². The van der Waals surface area contributed by atoms with Crippen molar-refractivity contribution in [1.29, 1.82) is 0 Å². The highest BCUT2D eigenvalue weighted by atomic mass is 32.2. The summed E-state index contributed by atoms with van der Waals surface area (Å²) in [6, 6.07) is 8.29. The van der Waals surface area contributed by atoms with Crippen LogP contribution in [0.5, 0.6) is 0 Å². The normalized spacial score (nSPS) is 10.9. The molecule has 0 fully saturated rings. The van der Waals surface area contributed by atoms with E-state index in [0.29, 0.717) is 12.3 Å². The Morgan fingerprint density at radius 2 is 2.19 bits per heavy atom. The highest BCUT2D eigenvalue weighted by Gasteiger charge is 2.13. The largest absolute Gasteiger partial charge is 0.341 e. The van der Waals surface area contributed by atoms with E-state index < -0.39 is 0 Å². The molecule has 1 amide bonds. The molecule has 3 rings (SSSR count). The van der Waals surface area contributed by atoms with Gasteiger partial charge in [0.25, 0.3) is 0 Å². The van der Waals surface area contributed by atoms with Crippen molar-refractivity contribution >= 4 is 50.4 Å². The Bertz CT molecular complexity index is 739. The zero-order chi connectivity index (χ0) is 14.7. The second-order valence-corrected chi connectivity index (χ2v) is 7.47. The summed E-state index contributed by atoms with van der Waals surface area (Å²) in [5.74, 6) is 0.499. The van der Waals surface area contributed by atoms with Crippen LogP contribution >= 0.6 is 34.4 Å². The van der Waals surface area contributed by atoms with E-state index in [4.69, 9.17) is 0 Å². The molecule has 0 aliphatic rings. The molecule has 21 heavy (non-hydrogen) atoms. The molecule has 0 unspecified atom stereocenters. The number of aromatic nitrogens is 2. The Kier molecular flexibility index (Phi) is 4.52. The van der Waals surface area contributed by atoms with Gasteiger partial charge in [-0.15, -0.1) is 21.5 Å². The molecule has 7 heteroatoms. The van der Waals surface area contributed by atoms with Gasteiger partial charge in [-0.2, -0.15) is 0 Å². The molecule has 0 saturated carbocycles. The molecule has 0 saturated heterocycles. The maximum atomic E-state index is 12.2. The smallest absolute Gasteiger partial charge is 0.233 e. The van der Waals surface area contributed by atoms with E-state index >= 15 is 0 Å². The first-order valence-corrected chi connectivity index (χ1v) is 9.06. The summed E-state index contributed by atoms with van der Waals surface area (Å²) in [6.45, 7) is 0.638. The van der Waals surface area contributed by atoms with Crippen molar-refractivity contribution < 1.29 is 4.79 Å². The van der Waals surface area contributed by atoms with Gasteiger partial charge >= 0.3 is 0 Å². The summed E-state index contributed by atoms with van der Waals surface area (Å²) in [7, 11) is 1.84. The van der Waals surface area contributed by atoms with E-state index in [0.717, 1.165) is 4.34 Å². The van der Waals surface area contributed by atoms with E-state index in [1.54, 1.807) is 21.7 Å². The number of thiophene rings is 1. The third kappa shape index (κ3) is 3.42. The van der Waals surface area contributed by atoms with Crippen molar-refractivity contribution in [3.05, 3.63) is 40.7 Å². The summed E-state index contributed by atoms with van der Waals surface area (Å²) >= 11 is 4.61. The van der Waals surface area contributed by atoms with E-state index in [1.165, 1.54) is 38.7 Å². The molecule has 0 aliphatic carbocycles. The Morgan fingerprint density at radius 1 is 1.33 bits per heavy atom. The fourth-order valence-electron chi connectivity index (χ4n) is 1.96. The monoisotopic (exact) mass is 335 g/mol. The molecule has 0 radical (unpaired) electrons. The number of hydrogen-bond acceptors (Lipinski definition) is 6. The van der Waals surface area contributed by atoms with Gasteiger partial charge in [0.05, 0.1) is 5.75 Å². The fraction of sp³-hybridized carbons (Fsp3) is 0.214. The number of carbonyl (C=O) groups excluding carboxylic acids is 1. The Balaban J connectivity index is 1.62. The summed E-state index contributed by atoms with van der Waals surface area (Å²) in [5.41, 5.74) is 2.88. The third-order valence-electron chi connectivity index (χ3n) is 3.05. The van der Waals surface area contributed by atoms with Gasteiger partial charge in [0.15, 0.2) is 4.34 Å². The Morgan fingerprint density at radius 3 is 3.00 bits per heavy atom. The summed E-state index contributed by atoms with van der Waals surface area (Å²) in [4.78, 5) is 13.9. The van der Waals surface area contributed by atoms with Crippen molar-refractivity contribution in [2.45, 2.75) is 10.9 Å². The fourth-order valence-corrected chi connectivity index (χ4v) is 4.34. The predicted molar refractivity (Wildman–Crippen MR) is 88.9 cm³/mol. The first kappa shape index (κ1) is 14.5. The van der Waals surface area contributed by atoms with E-state index in [2.05, 4.69) is 27.7 Å². The lowest BCUT2D eigenvalue weighted by Gasteiger charge is -2.16. The van der Waals surface area contributed by atoms with Gasteiger partial charge in [-0.05, 0) is 22.4 Å². The number of nitrogens with zero attached hydrogens (tertiary/aromatic N) is 3. The number of rotatable bonds is 5. The van der Waals surface area contributed by atoms with Gasteiger partial charge in [0.2, 0.25) is 5.91 Å². The molecular formula is C14H13N3OS3. The highest BCUT2D eigenvalue weighted by Crippen LogP contribution is 2.26. The second kappa shape index (κ2) is 6.55. The van der Waals surface area contributed by atoms with Crippen LogP contribution in [-0.4, -0.2) is 33.8 Å². The van der Waals surface area contributed by atoms with Crippen LogP contribution in [0.4, 0.5) is 0 Å². The number of hydrogen-bond donors (Lipinski definition) is 0. The topological polar surface area (TPSA) is 46.1 Å². The highest BCUT2D eigenvalue weighted by molar-refractivity contribution is 8.01. The minimum atomic E-state index is 0.102. The third-order valence-corrected chi connectivity index (χ3v) is 5.91. The van der Waals surface area contributed by atoms with Crippen molar-refractivity contribution in [3.8, 4) is 0 Å². The lowest BCUT2D eigenvalue weighted by atomic mass is 10.2. The van der Waals surface area contributed by atoms with Crippen molar-refractivity contribution in [3.63, 3.8) is 0 Å². The van der Waals surface area contributed by atoms with Crippen molar-refractivity contribution in [1.82, 2.24) is 15.1 Å². The van der Waals surface area contributed by atoms with Gasteiger partial charge < -0.3 is 4.90 Å². The Hall–Kier alpha value is -1.44. The zero-order valence-electron chi connectivity index (χ0n) is 11.4. The molecular weight excluding hydrogens is 322 g/mol. The molecule has 0 atom stereocenters. The minimum Gasteiger partial charge on any atom is -0.341 e. The van der Waals surface area contributed by atoms with Crippen molar-refractivity contribution in [2.75, 3.05) is 12.8 Å². The molecule has 0 aliphatic heterocycles. The maximum absolute atomic E-state index is 12.2. The van der Waals surface area contributed by atoms with Gasteiger partial charge in [0, 0.05) is 18.3 Å². The molecule has 4 nitrogen and oxygen atoms in total. The molecule has 2 aromatic heterocycles. The quantitative estimate of drug-likeness (QED) is 0.670. The average Bonchev–Trinajstić information content (AvgIpc) is 3.15. The van der Waals surface area contributed by atoms with Crippen LogP contribution in [0.2, 0.25) is 0 Å². The maximum Gasteiger partial charge on any atom is 0.233 e. The first-order chi connectivity index (χ1) is 10.2. The molecule has 1 aromatic carbocycles. The van der Waals surface area contributed by atoms with Crippen LogP contribution in [0.3, 0.4) is 0 Å². The number of amides is 1. The molecule has 3 aromatic rings. The number of benzene rings is 1. The molecule has 0 bridgehead atoms. The van der Waals surface area contributed by atoms with Gasteiger partial charge in [-0.1, -0.05) is 41.3 Å². The summed E-state index contributed by atoms with van der Waals surface area (Å²) in [6.07, 6.45) is 0. The average molecular weight is 335 g/mol. The van der Waals surface area contributed by atoms with Gasteiger partial charge in [0.1, 0.15) is 5.51 Å². The Labute approximate surface area is 134 Å². The van der Waals surface area contributed by atoms with Crippen LogP contribution in [-0.2, 0) is 11.3 Å². The SMILES string of the molecule is CN(Cc1csc2ccccc12)C(=O)CSc1nncs1. The lowest BCUT2D eigenvalue weighted by Crippen LogP contribution is -2.27. The minimum absolute atomic E-state index is 0.102. The molecule has 2 heterocycles. The number of carbonyl (C=O) groups is 1. The number of thioether (sulfide) groups is 1. The molecule has 0 N–H and O–H groups in total. The first-order valence-electron chi connectivity index (χ1n) is 6.32. The van der Waals surface area contributed by atoms with E-state index in [1.807, 2.05) is 19.2 Å². The van der Waals surface area contributed by atoms with Gasteiger partial charge in [-0.3, -0.25) is 4.79 Å². The summed E-state index contributed by atoms with van der Waals surface area (Å²) < 4.78 is 2.09. The van der Waals surface area contributed by atoms with E-state index in [-0.39, 0.29) is 5.91 Å². The summed E-state index contributed by atoms with van der Waals surface area (Å²) in [5, 5.41) is 11.1. The van der Waals surface area contributed by atoms with Crippen LogP contribution in [0.25, 0.3) is 10.1 Å². The number of fused-ring (bicyclic) bond motifs is 1. The van der Waals surface area contributed by atoms with Crippen LogP contribution < -0.4 is 0 Å². The molecule has 0 spiro atoms. The van der Waals surface area contributed by atoms with Crippen LogP contribution in [0.1, 0.15) is 5.56 Å². The molecule has 108 valence electrons. The predicted octanol–water partition coefficient (Wildman–Crippen LogP) is 3.50.